The molecule has 1 N–H and O–H groups in total. The van der Waals surface area contributed by atoms with E-state index >= 15 is 0 Å². The van der Waals surface area contributed by atoms with Crippen molar-refractivity contribution in [3.8, 4) is 0 Å². The number of carboxylic acids is 1. The molecule has 0 radical (unpaired) electrons. The van der Waals surface area contributed by atoms with Crippen molar-refractivity contribution in [3.63, 3.8) is 0 Å². The summed E-state index contributed by atoms with van der Waals surface area (Å²) in [6.07, 6.45) is 40.2. The first kappa shape index (κ1) is 49.3. The van der Waals surface area contributed by atoms with Gasteiger partial charge < -0.3 is 23.8 Å². The molecule has 300 valence electrons. The Hall–Kier alpha value is -2.71. The lowest BCUT2D eigenvalue weighted by Gasteiger charge is -2.31. The maximum absolute atomic E-state index is 12.7. The van der Waals surface area contributed by atoms with E-state index in [9.17, 15) is 19.5 Å². The van der Waals surface area contributed by atoms with Crippen LogP contribution in [0, 0.1) is 0 Å². The molecule has 0 aromatic rings. The first-order valence-corrected chi connectivity index (χ1v) is 20.7. The maximum atomic E-state index is 12.7. The molecule has 2 atom stereocenters. The van der Waals surface area contributed by atoms with Gasteiger partial charge in [-0.3, -0.25) is 9.59 Å². The van der Waals surface area contributed by atoms with E-state index in [-0.39, 0.29) is 42.7 Å². The van der Waals surface area contributed by atoms with Crippen LogP contribution in [0.5, 0.6) is 0 Å². The van der Waals surface area contributed by atoms with E-state index in [4.69, 9.17) is 14.2 Å². The summed E-state index contributed by atoms with van der Waals surface area (Å²) in [5.74, 6) is -1.57. The molecular formula is C44H78NO7+. The maximum Gasteiger partial charge on any atom is 0.362 e. The quantitative estimate of drug-likeness (QED) is 0.0225. The van der Waals surface area contributed by atoms with E-state index < -0.39 is 18.1 Å². The minimum atomic E-state index is -0.885. The highest BCUT2D eigenvalue weighted by atomic mass is 16.6. The number of nitrogens with zero attached hydrogens (tertiary/aromatic N) is 1. The Morgan fingerprint density at radius 2 is 1.12 bits per heavy atom. The monoisotopic (exact) mass is 733 g/mol. The van der Waals surface area contributed by atoms with Crippen LogP contribution >= 0.6 is 0 Å². The number of hydrogen-bond acceptors (Lipinski definition) is 6. The third-order valence-electron chi connectivity index (χ3n) is 8.99. The number of hydrogen-bond donors (Lipinski definition) is 1. The number of ether oxygens (including phenoxy) is 3. The SMILES string of the molecule is CCCCC/C=C/C=C/CCCCCCCCC(=O)OC(COCCC(C(=O)O)[N+](C)(C)C)COC(=O)CC/C=C/C/C=C/CCCCCCCC. The molecule has 0 bridgehead atoms. The van der Waals surface area contributed by atoms with E-state index in [1.165, 1.54) is 70.6 Å². The third kappa shape index (κ3) is 33.1. The van der Waals surface area contributed by atoms with Gasteiger partial charge in [0.05, 0.1) is 34.4 Å². The first-order valence-electron chi connectivity index (χ1n) is 20.7. The Morgan fingerprint density at radius 1 is 0.596 bits per heavy atom. The zero-order valence-corrected chi connectivity index (χ0v) is 34.0. The number of unbranched alkanes of at least 4 members (excludes halogenated alkanes) is 15. The molecule has 0 fully saturated rings. The van der Waals surface area contributed by atoms with Crippen molar-refractivity contribution in [1.29, 1.82) is 0 Å². The Bertz CT molecular complexity index is 995. The number of rotatable bonds is 36. The molecule has 8 heteroatoms. The van der Waals surface area contributed by atoms with Crippen LogP contribution in [0.15, 0.2) is 48.6 Å². The molecule has 2 unspecified atom stereocenters. The molecule has 8 nitrogen and oxygen atoms in total. The van der Waals surface area contributed by atoms with Crippen molar-refractivity contribution in [2.24, 2.45) is 0 Å². The Balaban J connectivity index is 4.49. The number of allylic oxidation sites excluding steroid dienone is 8. The predicted molar refractivity (Wildman–Crippen MR) is 215 cm³/mol. The molecule has 0 saturated heterocycles. The minimum Gasteiger partial charge on any atom is -0.477 e. The second-order valence-electron chi connectivity index (χ2n) is 14.9. The largest absolute Gasteiger partial charge is 0.477 e. The van der Waals surface area contributed by atoms with Crippen LogP contribution in [0.4, 0.5) is 0 Å². The van der Waals surface area contributed by atoms with Crippen molar-refractivity contribution >= 4 is 17.9 Å². The standard InChI is InChI=1S/C44H77NO7/c1-6-8-10-12-14-16-18-20-21-23-25-27-29-31-33-35-43(47)52-40(38-50-37-36-41(44(48)49)45(3,4)5)39-51-42(46)34-32-30-28-26-24-22-19-17-15-13-11-9-7-2/h14,16,18,20,22,24,28,30,40-41H,6-13,15,17,19,21,23,25-27,29,31-39H2,1-5H3/p+1/b16-14+,20-18+,24-22+,30-28+. The molecule has 0 amide bonds. The molecule has 0 aliphatic rings. The number of carbonyl (C=O) groups excluding carboxylic acids is 2. The van der Waals surface area contributed by atoms with Crippen molar-refractivity contribution < 1.29 is 38.2 Å². The highest BCUT2D eigenvalue weighted by Gasteiger charge is 2.31. The number of aliphatic carboxylic acids is 1. The summed E-state index contributed by atoms with van der Waals surface area (Å²) in [6, 6.07) is -0.624. The fraction of sp³-hybridized carbons (Fsp3) is 0.750. The second-order valence-corrected chi connectivity index (χ2v) is 14.9. The van der Waals surface area contributed by atoms with Gasteiger partial charge in [-0.25, -0.2) is 4.79 Å². The average molecular weight is 733 g/mol. The van der Waals surface area contributed by atoms with E-state index in [0.717, 1.165) is 51.4 Å². The van der Waals surface area contributed by atoms with Crippen LogP contribution in [0.25, 0.3) is 0 Å². The molecule has 0 aliphatic carbocycles. The molecular weight excluding hydrogens is 654 g/mol. The van der Waals surface area contributed by atoms with E-state index in [0.29, 0.717) is 19.3 Å². The fourth-order valence-electron chi connectivity index (χ4n) is 5.72. The molecule has 0 aromatic carbocycles. The Labute approximate surface area is 318 Å². The second kappa shape index (κ2) is 35.3. The van der Waals surface area contributed by atoms with Gasteiger partial charge in [-0.15, -0.1) is 0 Å². The van der Waals surface area contributed by atoms with Crippen LogP contribution in [-0.4, -0.2) is 80.6 Å². The van der Waals surface area contributed by atoms with E-state index in [2.05, 4.69) is 56.4 Å². The Kier molecular flexibility index (Phi) is 33.5. The molecule has 0 aliphatic heterocycles. The minimum absolute atomic E-state index is 0.0383. The number of carboxylic acid groups (broad SMARTS) is 1. The van der Waals surface area contributed by atoms with E-state index in [1.807, 2.05) is 27.2 Å². The number of esters is 2. The van der Waals surface area contributed by atoms with Gasteiger partial charge in [0.25, 0.3) is 0 Å². The zero-order valence-electron chi connectivity index (χ0n) is 34.0. The molecule has 0 saturated carbocycles. The summed E-state index contributed by atoms with van der Waals surface area (Å²) in [4.78, 5) is 36.8. The summed E-state index contributed by atoms with van der Waals surface area (Å²) in [6.45, 7) is 4.61. The topological polar surface area (TPSA) is 99.1 Å². The van der Waals surface area contributed by atoms with Gasteiger partial charge in [-0.1, -0.05) is 133 Å². The third-order valence-corrected chi connectivity index (χ3v) is 8.99. The van der Waals surface area contributed by atoms with Crippen LogP contribution in [0.3, 0.4) is 0 Å². The van der Waals surface area contributed by atoms with Gasteiger partial charge in [0, 0.05) is 19.3 Å². The van der Waals surface area contributed by atoms with Crippen molar-refractivity contribution in [3.05, 3.63) is 48.6 Å². The molecule has 0 spiro atoms. The van der Waals surface area contributed by atoms with Gasteiger partial charge in [0.1, 0.15) is 6.61 Å². The van der Waals surface area contributed by atoms with Crippen LogP contribution in [0.1, 0.15) is 162 Å². The van der Waals surface area contributed by atoms with Gasteiger partial charge in [-0.2, -0.15) is 0 Å². The van der Waals surface area contributed by atoms with Crippen LogP contribution in [-0.2, 0) is 28.6 Å². The fourth-order valence-corrected chi connectivity index (χ4v) is 5.72. The summed E-state index contributed by atoms with van der Waals surface area (Å²) in [7, 11) is 5.50. The molecule has 0 rings (SSSR count). The summed E-state index contributed by atoms with van der Waals surface area (Å²) in [5.41, 5.74) is 0. The molecule has 0 aromatic heterocycles. The van der Waals surface area contributed by atoms with Gasteiger partial charge in [0.2, 0.25) is 0 Å². The van der Waals surface area contributed by atoms with Gasteiger partial charge in [0.15, 0.2) is 12.1 Å². The first-order chi connectivity index (χ1) is 25.1. The van der Waals surface area contributed by atoms with E-state index in [1.54, 1.807) is 0 Å². The lowest BCUT2D eigenvalue weighted by Crippen LogP contribution is -2.50. The lowest BCUT2D eigenvalue weighted by molar-refractivity contribution is -0.887. The normalized spacial score (nSPS) is 13.5. The number of likely N-dealkylation sites (N-methyl/N-ethyl adjacent to an activating group) is 1. The highest BCUT2D eigenvalue weighted by Crippen LogP contribution is 2.12. The lowest BCUT2D eigenvalue weighted by atomic mass is 10.1. The number of carbonyl (C=O) groups is 3. The summed E-state index contributed by atoms with van der Waals surface area (Å²) in [5, 5.41) is 9.59. The molecule has 0 heterocycles. The summed E-state index contributed by atoms with van der Waals surface area (Å²) < 4.78 is 17.2. The smallest absolute Gasteiger partial charge is 0.362 e. The van der Waals surface area contributed by atoms with Crippen molar-refractivity contribution in [2.75, 3.05) is 41.0 Å². The van der Waals surface area contributed by atoms with Crippen molar-refractivity contribution in [1.82, 2.24) is 0 Å². The Morgan fingerprint density at radius 3 is 1.71 bits per heavy atom. The van der Waals surface area contributed by atoms with Crippen LogP contribution in [0.2, 0.25) is 0 Å². The van der Waals surface area contributed by atoms with Crippen molar-refractivity contribution in [2.45, 2.75) is 174 Å². The molecule has 52 heavy (non-hydrogen) atoms. The van der Waals surface area contributed by atoms with Gasteiger partial charge in [-0.05, 0) is 57.8 Å². The zero-order chi connectivity index (χ0) is 38.5. The van der Waals surface area contributed by atoms with Crippen LogP contribution < -0.4 is 0 Å². The average Bonchev–Trinajstić information content (AvgIpc) is 3.09. The predicted octanol–water partition coefficient (Wildman–Crippen LogP) is 10.9. The summed E-state index contributed by atoms with van der Waals surface area (Å²) >= 11 is 0. The highest BCUT2D eigenvalue weighted by molar-refractivity contribution is 5.72. The van der Waals surface area contributed by atoms with Gasteiger partial charge >= 0.3 is 17.9 Å². The number of quaternary nitrogens is 1.